The van der Waals surface area contributed by atoms with Crippen molar-refractivity contribution in [3.63, 3.8) is 0 Å². The van der Waals surface area contributed by atoms with E-state index in [1.165, 1.54) is 0 Å². The maximum absolute atomic E-state index is 11.2. The van der Waals surface area contributed by atoms with Crippen molar-refractivity contribution in [3.8, 4) is 6.07 Å². The van der Waals surface area contributed by atoms with Crippen molar-refractivity contribution in [3.05, 3.63) is 0 Å². The van der Waals surface area contributed by atoms with Crippen molar-refractivity contribution in [2.24, 2.45) is 0 Å². The molecule has 5 nitrogen and oxygen atoms in total. The van der Waals surface area contributed by atoms with Crippen LogP contribution in [0.1, 0.15) is 19.3 Å². The molecule has 0 unspecified atom stereocenters. The first-order valence-electron chi connectivity index (χ1n) is 5.76. The molecular formula is C11H19N3O2. The van der Waals surface area contributed by atoms with Crippen LogP contribution in [0, 0.1) is 11.3 Å². The van der Waals surface area contributed by atoms with Crippen LogP contribution >= 0.6 is 0 Å². The minimum atomic E-state index is -0.387. The summed E-state index contributed by atoms with van der Waals surface area (Å²) >= 11 is 0. The Balaban J connectivity index is 2.12. The van der Waals surface area contributed by atoms with E-state index >= 15 is 0 Å². The zero-order valence-electron chi connectivity index (χ0n) is 9.56. The maximum atomic E-state index is 11.2. The summed E-state index contributed by atoms with van der Waals surface area (Å²) in [4.78, 5) is 15.2. The quantitative estimate of drug-likeness (QED) is 0.659. The van der Waals surface area contributed by atoms with Gasteiger partial charge in [-0.1, -0.05) is 0 Å². The second kappa shape index (κ2) is 7.20. The number of carbonyl (C=O) groups excluding carboxylic acids is 1. The third-order valence-electron chi connectivity index (χ3n) is 2.87. The van der Waals surface area contributed by atoms with Crippen LogP contribution in [-0.4, -0.2) is 60.1 Å². The molecular weight excluding hydrogens is 206 g/mol. The van der Waals surface area contributed by atoms with Gasteiger partial charge in [0.15, 0.2) is 0 Å². The molecule has 0 aromatic rings. The minimum absolute atomic E-state index is 0.177. The fourth-order valence-electron chi connectivity index (χ4n) is 1.86. The van der Waals surface area contributed by atoms with E-state index in [4.69, 9.17) is 10.4 Å². The Bertz CT molecular complexity index is 254. The molecule has 1 amide bonds. The van der Waals surface area contributed by atoms with Crippen LogP contribution in [0.5, 0.6) is 0 Å². The molecule has 0 aromatic heterocycles. The van der Waals surface area contributed by atoms with Gasteiger partial charge < -0.3 is 10.0 Å². The van der Waals surface area contributed by atoms with E-state index in [-0.39, 0.29) is 12.5 Å². The fraction of sp³-hybridized carbons (Fsp3) is 0.818. The van der Waals surface area contributed by atoms with Gasteiger partial charge in [0.1, 0.15) is 6.61 Å². The van der Waals surface area contributed by atoms with Crippen LogP contribution in [0.2, 0.25) is 0 Å². The Morgan fingerprint density at radius 3 is 2.50 bits per heavy atom. The molecule has 5 heteroatoms. The monoisotopic (exact) mass is 225 g/mol. The first-order valence-corrected chi connectivity index (χ1v) is 5.76. The van der Waals surface area contributed by atoms with Gasteiger partial charge in [0.25, 0.3) is 0 Å². The number of unbranched alkanes of at least 4 members (excludes halogenated alkanes) is 2. The van der Waals surface area contributed by atoms with Gasteiger partial charge in [-0.2, -0.15) is 5.26 Å². The molecule has 1 rings (SSSR count). The summed E-state index contributed by atoms with van der Waals surface area (Å²) in [6.45, 7) is 3.77. The van der Waals surface area contributed by atoms with Crippen molar-refractivity contribution in [1.29, 1.82) is 5.26 Å². The maximum Gasteiger partial charge on any atom is 0.248 e. The summed E-state index contributed by atoms with van der Waals surface area (Å²) in [5.41, 5.74) is 0. The van der Waals surface area contributed by atoms with E-state index < -0.39 is 0 Å². The van der Waals surface area contributed by atoms with E-state index in [9.17, 15) is 4.79 Å². The topological polar surface area (TPSA) is 67.6 Å². The second-order valence-corrected chi connectivity index (χ2v) is 4.00. The molecule has 1 heterocycles. The van der Waals surface area contributed by atoms with E-state index in [1.807, 2.05) is 0 Å². The number of amides is 1. The molecule has 1 saturated heterocycles. The number of aliphatic hydroxyl groups is 1. The van der Waals surface area contributed by atoms with Gasteiger partial charge in [-0.15, -0.1) is 0 Å². The molecule has 1 aliphatic rings. The average molecular weight is 225 g/mol. The standard InChI is InChI=1S/C11H19N3O2/c12-4-2-1-3-5-13-6-8-14(9-7-13)11(16)10-15/h15H,1-3,5-10H2. The Kier molecular flexibility index (Phi) is 5.83. The van der Waals surface area contributed by atoms with Crippen molar-refractivity contribution in [2.45, 2.75) is 19.3 Å². The van der Waals surface area contributed by atoms with Crippen LogP contribution in [0.15, 0.2) is 0 Å². The third kappa shape index (κ3) is 4.17. The van der Waals surface area contributed by atoms with Gasteiger partial charge in [-0.3, -0.25) is 9.69 Å². The number of aliphatic hydroxyl groups excluding tert-OH is 1. The number of hydrogen-bond acceptors (Lipinski definition) is 4. The molecule has 0 aliphatic carbocycles. The first-order chi connectivity index (χ1) is 7.77. The van der Waals surface area contributed by atoms with Gasteiger partial charge in [0.05, 0.1) is 6.07 Å². The van der Waals surface area contributed by atoms with Gasteiger partial charge in [-0.25, -0.2) is 0 Å². The molecule has 1 fully saturated rings. The molecule has 0 bridgehead atoms. The minimum Gasteiger partial charge on any atom is -0.387 e. The Labute approximate surface area is 96.3 Å². The molecule has 90 valence electrons. The number of carbonyl (C=O) groups is 1. The number of piperazine rings is 1. The summed E-state index contributed by atoms with van der Waals surface area (Å²) in [6, 6.07) is 2.14. The van der Waals surface area contributed by atoms with Crippen LogP contribution in [0.3, 0.4) is 0 Å². The fourth-order valence-corrected chi connectivity index (χ4v) is 1.86. The summed E-state index contributed by atoms with van der Waals surface area (Å²) in [5, 5.41) is 17.1. The summed E-state index contributed by atoms with van der Waals surface area (Å²) in [5.74, 6) is -0.177. The Hall–Kier alpha value is -1.12. The van der Waals surface area contributed by atoms with E-state index in [2.05, 4.69) is 11.0 Å². The SMILES string of the molecule is N#CCCCCN1CCN(C(=O)CO)CC1. The summed E-state index contributed by atoms with van der Waals surface area (Å²) in [7, 11) is 0. The molecule has 16 heavy (non-hydrogen) atoms. The number of nitrogens with zero attached hydrogens (tertiary/aromatic N) is 3. The lowest BCUT2D eigenvalue weighted by Crippen LogP contribution is -2.49. The van der Waals surface area contributed by atoms with Crippen LogP contribution in [0.4, 0.5) is 0 Å². The van der Waals surface area contributed by atoms with Gasteiger partial charge >= 0.3 is 0 Å². The lowest BCUT2D eigenvalue weighted by molar-refractivity contribution is -0.135. The lowest BCUT2D eigenvalue weighted by atomic mass is 10.2. The van der Waals surface area contributed by atoms with Crippen molar-refractivity contribution < 1.29 is 9.90 Å². The molecule has 1 N–H and O–H groups in total. The van der Waals surface area contributed by atoms with Crippen molar-refractivity contribution >= 4 is 5.91 Å². The number of nitriles is 1. The van der Waals surface area contributed by atoms with E-state index in [0.717, 1.165) is 32.5 Å². The number of rotatable bonds is 5. The highest BCUT2D eigenvalue weighted by molar-refractivity contribution is 5.77. The molecule has 0 saturated carbocycles. The molecule has 1 aliphatic heterocycles. The molecule has 0 radical (unpaired) electrons. The highest BCUT2D eigenvalue weighted by Gasteiger charge is 2.19. The largest absolute Gasteiger partial charge is 0.387 e. The Morgan fingerprint density at radius 2 is 1.94 bits per heavy atom. The van der Waals surface area contributed by atoms with Gasteiger partial charge in [0.2, 0.25) is 5.91 Å². The van der Waals surface area contributed by atoms with Gasteiger partial charge in [0, 0.05) is 32.6 Å². The van der Waals surface area contributed by atoms with Gasteiger partial charge in [-0.05, 0) is 19.4 Å². The zero-order valence-corrected chi connectivity index (χ0v) is 9.56. The molecule has 0 aromatic carbocycles. The van der Waals surface area contributed by atoms with Crippen LogP contribution < -0.4 is 0 Å². The van der Waals surface area contributed by atoms with Crippen molar-refractivity contribution in [2.75, 3.05) is 39.3 Å². The summed E-state index contributed by atoms with van der Waals surface area (Å²) in [6.07, 6.45) is 2.62. The first kappa shape index (κ1) is 12.9. The smallest absolute Gasteiger partial charge is 0.248 e. The van der Waals surface area contributed by atoms with Crippen molar-refractivity contribution in [1.82, 2.24) is 9.80 Å². The highest BCUT2D eigenvalue weighted by Crippen LogP contribution is 2.04. The second-order valence-electron chi connectivity index (χ2n) is 4.00. The highest BCUT2D eigenvalue weighted by atomic mass is 16.3. The number of hydrogen-bond donors (Lipinski definition) is 1. The zero-order chi connectivity index (χ0) is 11.8. The predicted octanol–water partition coefficient (Wildman–Crippen LogP) is -0.183. The normalized spacial score (nSPS) is 17.1. The predicted molar refractivity (Wildman–Crippen MR) is 59.6 cm³/mol. The average Bonchev–Trinajstić information content (AvgIpc) is 2.34. The molecule has 0 spiro atoms. The van der Waals surface area contributed by atoms with Crippen LogP contribution in [-0.2, 0) is 4.79 Å². The summed E-state index contributed by atoms with van der Waals surface area (Å²) < 4.78 is 0. The van der Waals surface area contributed by atoms with Crippen LogP contribution in [0.25, 0.3) is 0 Å². The third-order valence-corrected chi connectivity index (χ3v) is 2.87. The van der Waals surface area contributed by atoms with E-state index in [0.29, 0.717) is 19.5 Å². The van der Waals surface area contributed by atoms with E-state index in [1.54, 1.807) is 4.90 Å². The molecule has 0 atom stereocenters. The Morgan fingerprint density at radius 1 is 1.25 bits per heavy atom. The lowest BCUT2D eigenvalue weighted by Gasteiger charge is -2.34.